The number of nitrogens with one attached hydrogen (secondary N) is 1. The van der Waals surface area contributed by atoms with E-state index in [1.54, 1.807) is 18.7 Å². The number of benzene rings is 1. The maximum atomic E-state index is 12.8. The Morgan fingerprint density at radius 3 is 2.41 bits per heavy atom. The Morgan fingerprint density at radius 1 is 1.22 bits per heavy atom. The minimum Gasteiger partial charge on any atom is -0.493 e. The number of aryl methyl sites for hydroxylation is 1. The molecule has 0 unspecified atom stereocenters. The van der Waals surface area contributed by atoms with Crippen molar-refractivity contribution in [3.8, 4) is 5.75 Å². The smallest absolute Gasteiger partial charge is 0.270 e. The van der Waals surface area contributed by atoms with Gasteiger partial charge in [0.25, 0.3) is 5.91 Å². The molecular weight excluding hydrogens is 366 g/mol. The number of hydrogen-bond donors (Lipinski definition) is 2. The maximum absolute atomic E-state index is 12.8. The molecule has 0 radical (unpaired) electrons. The van der Waals surface area contributed by atoms with Crippen LogP contribution >= 0.6 is 0 Å². The Morgan fingerprint density at radius 2 is 1.85 bits per heavy atom. The van der Waals surface area contributed by atoms with Gasteiger partial charge in [-0.2, -0.15) is 0 Å². The Balaban J connectivity index is 1.61. The van der Waals surface area contributed by atoms with Gasteiger partial charge in [-0.25, -0.2) is 13.6 Å². The highest BCUT2D eigenvalue weighted by Gasteiger charge is 2.29. The van der Waals surface area contributed by atoms with Crippen LogP contribution in [0, 0.1) is 19.8 Å². The van der Waals surface area contributed by atoms with Crippen molar-refractivity contribution in [1.82, 2.24) is 9.88 Å². The van der Waals surface area contributed by atoms with E-state index in [1.165, 1.54) is 0 Å². The molecule has 1 saturated heterocycles. The number of hydrogen-bond acceptors (Lipinski definition) is 4. The van der Waals surface area contributed by atoms with Crippen LogP contribution in [0.2, 0.25) is 0 Å². The number of sulfonamides is 1. The number of amides is 1. The molecule has 3 rings (SSSR count). The topological polar surface area (TPSA) is 105 Å². The minimum atomic E-state index is -3.87. The zero-order valence-electron chi connectivity index (χ0n) is 15.6. The summed E-state index contributed by atoms with van der Waals surface area (Å²) in [4.78, 5) is 17.5. The largest absolute Gasteiger partial charge is 0.493 e. The molecule has 146 valence electrons. The van der Waals surface area contributed by atoms with Gasteiger partial charge in [0, 0.05) is 18.8 Å². The first-order valence-corrected chi connectivity index (χ1v) is 10.5. The lowest BCUT2D eigenvalue weighted by molar-refractivity contribution is 0.0655. The summed E-state index contributed by atoms with van der Waals surface area (Å²) in [6, 6.07) is 9.68. The lowest BCUT2D eigenvalue weighted by Gasteiger charge is -2.31. The normalized spacial score (nSPS) is 15.7. The van der Waals surface area contributed by atoms with Gasteiger partial charge < -0.3 is 14.6 Å². The quantitative estimate of drug-likeness (QED) is 0.815. The fourth-order valence-electron chi connectivity index (χ4n) is 3.57. The monoisotopic (exact) mass is 391 g/mol. The number of nitrogens with zero attached hydrogens (tertiary/aromatic N) is 1. The molecule has 0 atom stereocenters. The fraction of sp³-hybridized carbons (Fsp3) is 0.421. The molecule has 1 aromatic heterocycles. The molecule has 3 N–H and O–H groups in total. The van der Waals surface area contributed by atoms with E-state index in [0.717, 1.165) is 18.6 Å². The summed E-state index contributed by atoms with van der Waals surface area (Å²) in [5, 5.41) is 5.26. The van der Waals surface area contributed by atoms with Gasteiger partial charge in [0.15, 0.2) is 0 Å². The van der Waals surface area contributed by atoms with E-state index >= 15 is 0 Å². The van der Waals surface area contributed by atoms with Gasteiger partial charge in [-0.05, 0) is 50.3 Å². The number of para-hydroxylation sites is 1. The third-order valence-electron chi connectivity index (χ3n) is 5.00. The predicted octanol–water partition coefficient (Wildman–Crippen LogP) is 2.21. The first-order valence-electron chi connectivity index (χ1n) is 8.96. The summed E-state index contributed by atoms with van der Waals surface area (Å²) in [7, 11) is -3.87. The Kier molecular flexibility index (Phi) is 5.57. The van der Waals surface area contributed by atoms with E-state index in [0.29, 0.717) is 42.6 Å². The summed E-state index contributed by atoms with van der Waals surface area (Å²) >= 11 is 0. The molecule has 0 aliphatic carbocycles. The van der Waals surface area contributed by atoms with Crippen molar-refractivity contribution >= 4 is 15.9 Å². The van der Waals surface area contributed by atoms with Crippen LogP contribution in [-0.2, 0) is 10.0 Å². The molecule has 1 aliphatic rings. The van der Waals surface area contributed by atoms with E-state index < -0.39 is 10.0 Å². The zero-order valence-corrected chi connectivity index (χ0v) is 16.4. The number of carbonyl (C=O) groups excluding carboxylic acids is 1. The molecule has 1 aliphatic heterocycles. The highest BCUT2D eigenvalue weighted by Crippen LogP contribution is 2.25. The first kappa shape index (κ1) is 19.4. The second-order valence-corrected chi connectivity index (χ2v) is 8.48. The second kappa shape index (κ2) is 7.74. The summed E-state index contributed by atoms with van der Waals surface area (Å²) in [6.07, 6.45) is 1.69. The number of nitrogens with two attached hydrogens (primary N) is 1. The summed E-state index contributed by atoms with van der Waals surface area (Å²) in [5.41, 5.74) is 1.08. The molecule has 1 fully saturated rings. The number of aromatic nitrogens is 1. The number of aromatic amines is 1. The van der Waals surface area contributed by atoms with Crippen molar-refractivity contribution in [2.24, 2.45) is 11.1 Å². The maximum Gasteiger partial charge on any atom is 0.270 e. The number of rotatable bonds is 5. The molecule has 7 nitrogen and oxygen atoms in total. The summed E-state index contributed by atoms with van der Waals surface area (Å²) in [6.45, 7) is 5.07. The summed E-state index contributed by atoms with van der Waals surface area (Å²) in [5.74, 6) is 1.05. The summed E-state index contributed by atoms with van der Waals surface area (Å²) < 4.78 is 29.3. The van der Waals surface area contributed by atoms with Crippen molar-refractivity contribution in [3.05, 3.63) is 47.3 Å². The fourth-order valence-corrected chi connectivity index (χ4v) is 4.57. The van der Waals surface area contributed by atoms with Crippen LogP contribution in [0.5, 0.6) is 5.75 Å². The number of likely N-dealkylation sites (tertiary alicyclic amines) is 1. The lowest BCUT2D eigenvalue weighted by Crippen LogP contribution is -2.40. The van der Waals surface area contributed by atoms with Crippen LogP contribution in [0.1, 0.15) is 34.6 Å². The number of primary sulfonamides is 1. The number of piperidine rings is 1. The zero-order chi connectivity index (χ0) is 19.6. The molecule has 8 heteroatoms. The van der Waals surface area contributed by atoms with Gasteiger partial charge in [0.2, 0.25) is 10.0 Å². The van der Waals surface area contributed by atoms with Crippen LogP contribution in [0.3, 0.4) is 0 Å². The lowest BCUT2D eigenvalue weighted by atomic mass is 9.97. The van der Waals surface area contributed by atoms with Gasteiger partial charge in [0.05, 0.1) is 6.61 Å². The molecule has 1 amide bonds. The van der Waals surface area contributed by atoms with Crippen molar-refractivity contribution in [3.63, 3.8) is 0 Å². The third kappa shape index (κ3) is 4.33. The molecule has 27 heavy (non-hydrogen) atoms. The van der Waals surface area contributed by atoms with E-state index in [1.807, 2.05) is 30.3 Å². The van der Waals surface area contributed by atoms with Gasteiger partial charge in [-0.3, -0.25) is 4.79 Å². The average Bonchev–Trinajstić information content (AvgIpc) is 2.95. The van der Waals surface area contributed by atoms with Crippen molar-refractivity contribution < 1.29 is 17.9 Å². The Labute approximate surface area is 159 Å². The predicted molar refractivity (Wildman–Crippen MR) is 102 cm³/mol. The molecule has 2 heterocycles. The molecule has 0 spiro atoms. The van der Waals surface area contributed by atoms with Gasteiger partial charge in [-0.1, -0.05) is 18.2 Å². The van der Waals surface area contributed by atoms with Crippen LogP contribution in [0.15, 0.2) is 35.2 Å². The highest BCUT2D eigenvalue weighted by molar-refractivity contribution is 7.89. The number of H-pyrrole nitrogens is 1. The standard InChI is InChI=1S/C19H25N3O4S/c1-13-17(21-14(2)18(13)27(20,24)25)19(23)22-10-8-15(9-11-22)12-26-16-6-4-3-5-7-16/h3-7,15,21H,8-12H2,1-2H3,(H2,20,24,25). The SMILES string of the molecule is Cc1[nH]c(C(=O)N2CCC(COc3ccccc3)CC2)c(C)c1S(N)(=O)=O. The Hall–Kier alpha value is -2.32. The van der Waals surface area contributed by atoms with Crippen LogP contribution in [0.25, 0.3) is 0 Å². The number of ether oxygens (including phenoxy) is 1. The molecule has 2 aromatic rings. The molecule has 1 aromatic carbocycles. The second-order valence-electron chi connectivity index (χ2n) is 6.98. The van der Waals surface area contributed by atoms with Gasteiger partial charge in [0.1, 0.15) is 16.3 Å². The average molecular weight is 391 g/mol. The highest BCUT2D eigenvalue weighted by atomic mass is 32.2. The third-order valence-corrected chi connectivity index (χ3v) is 6.18. The van der Waals surface area contributed by atoms with Crippen LogP contribution in [-0.4, -0.2) is 43.9 Å². The van der Waals surface area contributed by atoms with E-state index in [4.69, 9.17) is 9.88 Å². The first-order chi connectivity index (χ1) is 12.8. The van der Waals surface area contributed by atoms with E-state index in [-0.39, 0.29) is 10.8 Å². The molecule has 0 saturated carbocycles. The van der Waals surface area contributed by atoms with E-state index in [2.05, 4.69) is 4.98 Å². The molecule has 0 bridgehead atoms. The van der Waals surface area contributed by atoms with E-state index in [9.17, 15) is 13.2 Å². The van der Waals surface area contributed by atoms with Gasteiger partial charge >= 0.3 is 0 Å². The van der Waals surface area contributed by atoms with Crippen LogP contribution in [0.4, 0.5) is 0 Å². The van der Waals surface area contributed by atoms with Crippen molar-refractivity contribution in [1.29, 1.82) is 0 Å². The minimum absolute atomic E-state index is 0.0111. The van der Waals surface area contributed by atoms with Crippen molar-refractivity contribution in [2.75, 3.05) is 19.7 Å². The van der Waals surface area contributed by atoms with Crippen LogP contribution < -0.4 is 9.88 Å². The molecular formula is C19H25N3O4S. The number of carbonyl (C=O) groups is 1. The van der Waals surface area contributed by atoms with Gasteiger partial charge in [-0.15, -0.1) is 0 Å². The van der Waals surface area contributed by atoms with Crippen molar-refractivity contribution in [2.45, 2.75) is 31.6 Å². The Bertz CT molecular complexity index is 914.